The second kappa shape index (κ2) is 4.50. The molecule has 0 saturated heterocycles. The lowest BCUT2D eigenvalue weighted by Gasteiger charge is -2.09. The SMILES string of the molecule is Cc1cc(C#N)ccc1Nc1ccccc1. The van der Waals surface area contributed by atoms with E-state index in [0.29, 0.717) is 5.56 Å². The van der Waals surface area contributed by atoms with Crippen molar-refractivity contribution >= 4 is 11.4 Å². The van der Waals surface area contributed by atoms with Crippen molar-refractivity contribution in [3.63, 3.8) is 0 Å². The molecule has 2 rings (SSSR count). The maximum atomic E-state index is 8.77. The summed E-state index contributed by atoms with van der Waals surface area (Å²) in [5.41, 5.74) is 3.85. The van der Waals surface area contributed by atoms with Gasteiger partial charge in [-0.3, -0.25) is 0 Å². The molecular formula is C14H12N2. The Labute approximate surface area is 95.2 Å². The lowest BCUT2D eigenvalue weighted by molar-refractivity contribution is 1.40. The lowest BCUT2D eigenvalue weighted by atomic mass is 10.1. The quantitative estimate of drug-likeness (QED) is 0.818. The van der Waals surface area contributed by atoms with Crippen LogP contribution in [-0.2, 0) is 0 Å². The first-order valence-corrected chi connectivity index (χ1v) is 5.12. The fourth-order valence-corrected chi connectivity index (χ4v) is 1.55. The molecule has 1 N–H and O–H groups in total. The highest BCUT2D eigenvalue weighted by molar-refractivity contribution is 5.63. The van der Waals surface area contributed by atoms with E-state index in [4.69, 9.17) is 5.26 Å². The second-order valence-electron chi connectivity index (χ2n) is 3.63. The molecular weight excluding hydrogens is 196 g/mol. The van der Waals surface area contributed by atoms with Crippen LogP contribution in [0.3, 0.4) is 0 Å². The third-order valence-corrected chi connectivity index (χ3v) is 2.41. The summed E-state index contributed by atoms with van der Waals surface area (Å²) in [7, 11) is 0. The smallest absolute Gasteiger partial charge is 0.0991 e. The summed E-state index contributed by atoms with van der Waals surface area (Å²) in [4.78, 5) is 0. The van der Waals surface area contributed by atoms with Crippen molar-refractivity contribution in [2.24, 2.45) is 0 Å². The lowest BCUT2D eigenvalue weighted by Crippen LogP contribution is -1.93. The van der Waals surface area contributed by atoms with Crippen molar-refractivity contribution in [2.45, 2.75) is 6.92 Å². The Morgan fingerprint density at radius 3 is 2.44 bits per heavy atom. The van der Waals surface area contributed by atoms with Gasteiger partial charge in [0.25, 0.3) is 0 Å². The minimum Gasteiger partial charge on any atom is -0.355 e. The van der Waals surface area contributed by atoms with Crippen molar-refractivity contribution in [2.75, 3.05) is 5.32 Å². The standard InChI is InChI=1S/C14H12N2/c1-11-9-12(10-15)7-8-14(11)16-13-5-3-2-4-6-13/h2-9,16H,1H3. The summed E-state index contributed by atoms with van der Waals surface area (Å²) in [6.45, 7) is 1.99. The average molecular weight is 208 g/mol. The zero-order valence-electron chi connectivity index (χ0n) is 9.07. The van der Waals surface area contributed by atoms with Crippen molar-refractivity contribution in [3.8, 4) is 6.07 Å². The summed E-state index contributed by atoms with van der Waals surface area (Å²) in [5.74, 6) is 0. The van der Waals surface area contributed by atoms with Crippen molar-refractivity contribution in [3.05, 3.63) is 59.7 Å². The van der Waals surface area contributed by atoms with Crippen LogP contribution in [0.5, 0.6) is 0 Å². The maximum absolute atomic E-state index is 8.77. The Hall–Kier alpha value is -2.27. The molecule has 0 unspecified atom stereocenters. The van der Waals surface area contributed by atoms with Gasteiger partial charge in [0.15, 0.2) is 0 Å². The first-order valence-electron chi connectivity index (χ1n) is 5.12. The number of anilines is 2. The molecule has 0 bridgehead atoms. The van der Waals surface area contributed by atoms with Gasteiger partial charge in [0.2, 0.25) is 0 Å². The summed E-state index contributed by atoms with van der Waals surface area (Å²) < 4.78 is 0. The summed E-state index contributed by atoms with van der Waals surface area (Å²) in [5, 5.41) is 12.1. The predicted molar refractivity (Wildman–Crippen MR) is 65.6 cm³/mol. The molecule has 0 aliphatic rings. The molecule has 0 aromatic heterocycles. The van der Waals surface area contributed by atoms with Gasteiger partial charge in [0, 0.05) is 11.4 Å². The molecule has 0 spiro atoms. The van der Waals surface area contributed by atoms with Crippen LogP contribution in [0.2, 0.25) is 0 Å². The molecule has 0 aliphatic heterocycles. The molecule has 2 heteroatoms. The van der Waals surface area contributed by atoms with Crippen molar-refractivity contribution in [1.29, 1.82) is 5.26 Å². The number of nitriles is 1. The molecule has 2 aromatic carbocycles. The number of aryl methyl sites for hydroxylation is 1. The molecule has 0 amide bonds. The number of nitrogens with one attached hydrogen (secondary N) is 1. The first kappa shape index (κ1) is 10.3. The number of rotatable bonds is 2. The summed E-state index contributed by atoms with van der Waals surface area (Å²) >= 11 is 0. The molecule has 16 heavy (non-hydrogen) atoms. The Bertz CT molecular complexity index is 524. The van der Waals surface area contributed by atoms with Crippen molar-refractivity contribution in [1.82, 2.24) is 0 Å². The van der Waals surface area contributed by atoms with E-state index in [1.165, 1.54) is 0 Å². The van der Waals surface area contributed by atoms with E-state index in [-0.39, 0.29) is 0 Å². The Morgan fingerprint density at radius 1 is 1.06 bits per heavy atom. The summed E-state index contributed by atoms with van der Waals surface area (Å²) in [6, 6.07) is 17.7. The molecule has 0 fully saturated rings. The van der Waals surface area contributed by atoms with Crippen LogP contribution in [0.15, 0.2) is 48.5 Å². The zero-order chi connectivity index (χ0) is 11.4. The summed E-state index contributed by atoms with van der Waals surface area (Å²) in [6.07, 6.45) is 0. The molecule has 0 saturated carbocycles. The van der Waals surface area contributed by atoms with E-state index in [1.807, 2.05) is 55.5 Å². The van der Waals surface area contributed by atoms with Gasteiger partial charge in [0.1, 0.15) is 0 Å². The van der Waals surface area contributed by atoms with Crippen LogP contribution in [-0.4, -0.2) is 0 Å². The zero-order valence-corrected chi connectivity index (χ0v) is 9.07. The predicted octanol–water partition coefficient (Wildman–Crippen LogP) is 3.61. The number of benzene rings is 2. The van der Waals surface area contributed by atoms with Crippen LogP contribution in [0.1, 0.15) is 11.1 Å². The Morgan fingerprint density at radius 2 is 1.81 bits per heavy atom. The van der Waals surface area contributed by atoms with E-state index in [9.17, 15) is 0 Å². The van der Waals surface area contributed by atoms with E-state index in [0.717, 1.165) is 16.9 Å². The van der Waals surface area contributed by atoms with Crippen molar-refractivity contribution < 1.29 is 0 Å². The number of para-hydroxylation sites is 1. The second-order valence-corrected chi connectivity index (χ2v) is 3.63. The van der Waals surface area contributed by atoms with Gasteiger partial charge in [-0.15, -0.1) is 0 Å². The highest BCUT2D eigenvalue weighted by atomic mass is 14.9. The number of hydrogen-bond donors (Lipinski definition) is 1. The van der Waals surface area contributed by atoms with Gasteiger partial charge in [0.05, 0.1) is 11.6 Å². The van der Waals surface area contributed by atoms with E-state index in [2.05, 4.69) is 11.4 Å². The van der Waals surface area contributed by atoms with Gasteiger partial charge in [-0.05, 0) is 42.8 Å². The first-order chi connectivity index (χ1) is 7.79. The highest BCUT2D eigenvalue weighted by Crippen LogP contribution is 2.20. The van der Waals surface area contributed by atoms with Gasteiger partial charge in [-0.1, -0.05) is 18.2 Å². The van der Waals surface area contributed by atoms with Gasteiger partial charge < -0.3 is 5.32 Å². The molecule has 0 radical (unpaired) electrons. The third kappa shape index (κ3) is 2.21. The Balaban J connectivity index is 2.27. The topological polar surface area (TPSA) is 35.8 Å². The largest absolute Gasteiger partial charge is 0.355 e. The molecule has 2 aromatic rings. The van der Waals surface area contributed by atoms with E-state index >= 15 is 0 Å². The van der Waals surface area contributed by atoms with Crippen LogP contribution in [0.4, 0.5) is 11.4 Å². The molecule has 0 heterocycles. The molecule has 78 valence electrons. The molecule has 0 aliphatic carbocycles. The van der Waals surface area contributed by atoms with Gasteiger partial charge >= 0.3 is 0 Å². The maximum Gasteiger partial charge on any atom is 0.0991 e. The fourth-order valence-electron chi connectivity index (χ4n) is 1.55. The van der Waals surface area contributed by atoms with E-state index in [1.54, 1.807) is 0 Å². The minimum absolute atomic E-state index is 0.691. The Kier molecular flexibility index (Phi) is 2.88. The normalized spacial score (nSPS) is 9.50. The van der Waals surface area contributed by atoms with Crippen LogP contribution < -0.4 is 5.32 Å². The number of nitrogens with zero attached hydrogens (tertiary/aromatic N) is 1. The molecule has 0 atom stereocenters. The third-order valence-electron chi connectivity index (χ3n) is 2.41. The highest BCUT2D eigenvalue weighted by Gasteiger charge is 1.99. The fraction of sp³-hybridized carbons (Fsp3) is 0.0714. The van der Waals surface area contributed by atoms with E-state index < -0.39 is 0 Å². The van der Waals surface area contributed by atoms with Crippen LogP contribution >= 0.6 is 0 Å². The van der Waals surface area contributed by atoms with Crippen LogP contribution in [0.25, 0.3) is 0 Å². The van der Waals surface area contributed by atoms with Gasteiger partial charge in [-0.2, -0.15) is 5.26 Å². The van der Waals surface area contributed by atoms with Gasteiger partial charge in [-0.25, -0.2) is 0 Å². The molecule has 2 nitrogen and oxygen atoms in total. The average Bonchev–Trinajstić information content (AvgIpc) is 2.33. The van der Waals surface area contributed by atoms with Crippen LogP contribution in [0, 0.1) is 18.3 Å². The number of hydrogen-bond acceptors (Lipinski definition) is 2. The monoisotopic (exact) mass is 208 g/mol. The minimum atomic E-state index is 0.691.